The number of nitrogens with one attached hydrogen (secondary N) is 2. The normalized spacial score (nSPS) is 21.3. The molecule has 0 saturated carbocycles. The van der Waals surface area contributed by atoms with E-state index in [9.17, 15) is 0 Å². The number of hydrogen-bond donors (Lipinski definition) is 2. The highest BCUT2D eigenvalue weighted by Gasteiger charge is 2.19. The molecular weight excluding hydrogens is 497 g/mol. The van der Waals surface area contributed by atoms with Crippen molar-refractivity contribution in [1.29, 1.82) is 0 Å². The van der Waals surface area contributed by atoms with Crippen LogP contribution in [0.5, 0.6) is 5.75 Å². The first-order chi connectivity index (χ1) is 14.2. The summed E-state index contributed by atoms with van der Waals surface area (Å²) >= 11 is 0. The van der Waals surface area contributed by atoms with E-state index in [0.29, 0.717) is 25.9 Å². The number of hydrogen-bond acceptors (Lipinski definition) is 5. The molecule has 170 valence electrons. The number of aliphatic imine (C=N–C) groups is 1. The molecule has 0 radical (unpaired) electrons. The Morgan fingerprint density at radius 2 is 2.13 bits per heavy atom. The van der Waals surface area contributed by atoms with Crippen LogP contribution in [-0.4, -0.2) is 64.8 Å². The van der Waals surface area contributed by atoms with Crippen molar-refractivity contribution in [2.75, 3.05) is 46.6 Å². The fraction of sp³-hybridized carbons (Fsp3) is 0.682. The molecule has 2 atom stereocenters. The van der Waals surface area contributed by atoms with Gasteiger partial charge in [0.15, 0.2) is 5.96 Å². The highest BCUT2D eigenvalue weighted by molar-refractivity contribution is 14.0. The molecule has 7 nitrogen and oxygen atoms in total. The van der Waals surface area contributed by atoms with E-state index in [0.717, 1.165) is 69.3 Å². The Hall–Kier alpha value is -1.10. The zero-order valence-electron chi connectivity index (χ0n) is 18.2. The van der Waals surface area contributed by atoms with E-state index in [-0.39, 0.29) is 30.1 Å². The quantitative estimate of drug-likeness (QED) is 0.209. The molecule has 2 aliphatic rings. The summed E-state index contributed by atoms with van der Waals surface area (Å²) in [5.74, 6) is 1.70. The van der Waals surface area contributed by atoms with Crippen LogP contribution in [-0.2, 0) is 20.8 Å². The van der Waals surface area contributed by atoms with Crippen LogP contribution < -0.4 is 15.4 Å². The third kappa shape index (κ3) is 8.56. The second-order valence-electron chi connectivity index (χ2n) is 7.63. The molecule has 1 aromatic carbocycles. The zero-order chi connectivity index (χ0) is 20.3. The van der Waals surface area contributed by atoms with Crippen molar-refractivity contribution in [3.05, 3.63) is 29.3 Å². The lowest BCUT2D eigenvalue weighted by atomic mass is 10.1. The average Bonchev–Trinajstić information content (AvgIpc) is 3.42. The lowest BCUT2D eigenvalue weighted by Crippen LogP contribution is -2.37. The van der Waals surface area contributed by atoms with E-state index in [4.69, 9.17) is 18.9 Å². The van der Waals surface area contributed by atoms with E-state index in [2.05, 4.69) is 40.7 Å². The molecule has 1 aromatic rings. The van der Waals surface area contributed by atoms with Crippen molar-refractivity contribution < 1.29 is 18.9 Å². The van der Waals surface area contributed by atoms with Crippen molar-refractivity contribution in [2.45, 2.75) is 51.4 Å². The van der Waals surface area contributed by atoms with Crippen LogP contribution in [0.1, 0.15) is 36.8 Å². The number of ether oxygens (including phenoxy) is 4. The third-order valence-electron chi connectivity index (χ3n) is 5.16. The minimum absolute atomic E-state index is 0. The van der Waals surface area contributed by atoms with Gasteiger partial charge in [-0.05, 0) is 37.8 Å². The first kappa shape index (κ1) is 25.2. The van der Waals surface area contributed by atoms with Crippen LogP contribution in [0.2, 0.25) is 0 Å². The van der Waals surface area contributed by atoms with Gasteiger partial charge in [0.05, 0.1) is 25.9 Å². The molecule has 3 rings (SSSR count). The van der Waals surface area contributed by atoms with Gasteiger partial charge in [-0.25, -0.2) is 0 Å². The fourth-order valence-electron chi connectivity index (χ4n) is 3.47. The standard InChI is InChI=1S/C22H35N3O4.HI/c1-17-6-7-18(21(13-17)29-20-8-12-27-16-20)14-25-22(23-2)24-9-4-10-26-15-19-5-3-11-28-19;/h6-7,13,19-20H,3-5,8-12,14-16H2,1-2H3,(H2,23,24,25);1H. The Kier molecular flexibility index (Phi) is 11.8. The van der Waals surface area contributed by atoms with Crippen LogP contribution in [0.4, 0.5) is 0 Å². The Morgan fingerprint density at radius 3 is 2.87 bits per heavy atom. The molecule has 0 spiro atoms. The summed E-state index contributed by atoms with van der Waals surface area (Å²) in [6, 6.07) is 6.31. The minimum atomic E-state index is 0. The molecular formula is C22H36IN3O4. The lowest BCUT2D eigenvalue weighted by Gasteiger charge is -2.18. The van der Waals surface area contributed by atoms with Gasteiger partial charge in [-0.15, -0.1) is 24.0 Å². The van der Waals surface area contributed by atoms with Crippen molar-refractivity contribution in [3.8, 4) is 5.75 Å². The second kappa shape index (κ2) is 14.1. The summed E-state index contributed by atoms with van der Waals surface area (Å²) in [5.41, 5.74) is 2.30. The highest BCUT2D eigenvalue weighted by atomic mass is 127. The van der Waals surface area contributed by atoms with E-state index >= 15 is 0 Å². The molecule has 2 unspecified atom stereocenters. The van der Waals surface area contributed by atoms with Crippen LogP contribution in [0, 0.1) is 6.92 Å². The first-order valence-corrected chi connectivity index (χ1v) is 10.7. The van der Waals surface area contributed by atoms with Crippen molar-refractivity contribution >= 4 is 29.9 Å². The van der Waals surface area contributed by atoms with Gasteiger partial charge in [0.1, 0.15) is 11.9 Å². The Bertz CT molecular complexity index is 647. The Balaban J connectivity index is 0.00000320. The molecule has 0 aromatic heterocycles. The Morgan fingerprint density at radius 1 is 1.23 bits per heavy atom. The molecule has 0 aliphatic carbocycles. The van der Waals surface area contributed by atoms with Crippen molar-refractivity contribution in [1.82, 2.24) is 10.6 Å². The number of guanidine groups is 1. The van der Waals surface area contributed by atoms with E-state index in [1.54, 1.807) is 7.05 Å². The first-order valence-electron chi connectivity index (χ1n) is 10.7. The van der Waals surface area contributed by atoms with E-state index in [1.165, 1.54) is 5.56 Å². The summed E-state index contributed by atoms with van der Waals surface area (Å²) < 4.78 is 22.9. The maximum Gasteiger partial charge on any atom is 0.191 e. The van der Waals surface area contributed by atoms with Crippen LogP contribution >= 0.6 is 24.0 Å². The topological polar surface area (TPSA) is 73.3 Å². The summed E-state index contributed by atoms with van der Waals surface area (Å²) in [4.78, 5) is 4.31. The van der Waals surface area contributed by atoms with Crippen LogP contribution in [0.25, 0.3) is 0 Å². The smallest absolute Gasteiger partial charge is 0.191 e. The molecule has 0 amide bonds. The average molecular weight is 533 g/mol. The van der Waals surface area contributed by atoms with Crippen molar-refractivity contribution in [3.63, 3.8) is 0 Å². The number of rotatable bonds is 10. The molecule has 2 heterocycles. The van der Waals surface area contributed by atoms with Crippen LogP contribution in [0.3, 0.4) is 0 Å². The number of nitrogens with zero attached hydrogens (tertiary/aromatic N) is 1. The molecule has 0 bridgehead atoms. The van der Waals surface area contributed by atoms with E-state index < -0.39 is 0 Å². The van der Waals surface area contributed by atoms with Gasteiger partial charge in [-0.1, -0.05) is 12.1 Å². The summed E-state index contributed by atoms with van der Waals surface area (Å²) in [7, 11) is 1.78. The summed E-state index contributed by atoms with van der Waals surface area (Å²) in [6.07, 6.45) is 4.57. The third-order valence-corrected chi connectivity index (χ3v) is 5.16. The predicted molar refractivity (Wildman–Crippen MR) is 129 cm³/mol. The van der Waals surface area contributed by atoms with Gasteiger partial charge in [0.2, 0.25) is 0 Å². The molecule has 2 saturated heterocycles. The molecule has 2 aliphatic heterocycles. The van der Waals surface area contributed by atoms with Crippen LogP contribution in [0.15, 0.2) is 23.2 Å². The number of halogens is 1. The largest absolute Gasteiger partial charge is 0.488 e. The monoisotopic (exact) mass is 533 g/mol. The van der Waals surface area contributed by atoms with Gasteiger partial charge in [0.25, 0.3) is 0 Å². The molecule has 8 heteroatoms. The summed E-state index contributed by atoms with van der Waals surface area (Å²) in [6.45, 7) is 7.28. The van der Waals surface area contributed by atoms with E-state index in [1.807, 2.05) is 0 Å². The molecule has 30 heavy (non-hydrogen) atoms. The van der Waals surface area contributed by atoms with Gasteiger partial charge in [0, 0.05) is 45.3 Å². The predicted octanol–water partition coefficient (Wildman–Crippen LogP) is 3.03. The number of aryl methyl sites for hydroxylation is 1. The van der Waals surface area contributed by atoms with Gasteiger partial charge in [-0.2, -0.15) is 0 Å². The van der Waals surface area contributed by atoms with Gasteiger partial charge < -0.3 is 29.6 Å². The highest BCUT2D eigenvalue weighted by Crippen LogP contribution is 2.23. The summed E-state index contributed by atoms with van der Waals surface area (Å²) in [5, 5.41) is 6.71. The molecule has 2 fully saturated rings. The minimum Gasteiger partial charge on any atom is -0.488 e. The Labute approximate surface area is 197 Å². The fourth-order valence-corrected chi connectivity index (χ4v) is 3.47. The maximum atomic E-state index is 6.17. The SMILES string of the molecule is CN=C(NCCCOCC1CCCO1)NCc1ccc(C)cc1OC1CCOC1.I. The maximum absolute atomic E-state index is 6.17. The zero-order valence-corrected chi connectivity index (χ0v) is 20.5. The molecule has 2 N–H and O–H groups in total. The van der Waals surface area contributed by atoms with Gasteiger partial charge >= 0.3 is 0 Å². The lowest BCUT2D eigenvalue weighted by molar-refractivity contribution is 0.0168. The number of benzene rings is 1. The van der Waals surface area contributed by atoms with Crippen molar-refractivity contribution in [2.24, 2.45) is 4.99 Å². The second-order valence-corrected chi connectivity index (χ2v) is 7.63. The van der Waals surface area contributed by atoms with Gasteiger partial charge in [-0.3, -0.25) is 4.99 Å².